The summed E-state index contributed by atoms with van der Waals surface area (Å²) >= 11 is 2.62. The number of aromatic nitrogens is 4. The molecule has 4 aromatic rings. The lowest BCUT2D eigenvalue weighted by atomic mass is 9.90. The highest BCUT2D eigenvalue weighted by molar-refractivity contribution is 7.17. The van der Waals surface area contributed by atoms with Gasteiger partial charge in [0.25, 0.3) is 11.5 Å². The first-order valence-corrected chi connectivity index (χ1v) is 12.9. The molecule has 0 aliphatic heterocycles. The molecule has 9 heteroatoms. The monoisotopic (exact) mass is 491 g/mol. The van der Waals surface area contributed by atoms with Crippen LogP contribution < -0.4 is 10.9 Å². The van der Waals surface area contributed by atoms with E-state index in [4.69, 9.17) is 0 Å². The van der Waals surface area contributed by atoms with E-state index >= 15 is 0 Å². The minimum atomic E-state index is -0.271. The van der Waals surface area contributed by atoms with E-state index in [2.05, 4.69) is 38.6 Å². The second-order valence-electron chi connectivity index (χ2n) is 8.63. The van der Waals surface area contributed by atoms with E-state index in [-0.39, 0.29) is 11.5 Å². The molecule has 3 aromatic heterocycles. The molecule has 1 aliphatic rings. The number of carbonyl (C=O) groups excluding carboxylic acids is 1. The van der Waals surface area contributed by atoms with E-state index in [0.717, 1.165) is 35.4 Å². The maximum absolute atomic E-state index is 13.1. The predicted molar refractivity (Wildman–Crippen MR) is 137 cm³/mol. The Morgan fingerprint density at radius 2 is 1.82 bits per heavy atom. The molecule has 1 aromatic carbocycles. The van der Waals surface area contributed by atoms with Crippen LogP contribution in [-0.2, 0) is 19.9 Å². The van der Waals surface area contributed by atoms with Gasteiger partial charge in [0, 0.05) is 18.0 Å². The second kappa shape index (κ2) is 8.88. The summed E-state index contributed by atoms with van der Waals surface area (Å²) in [4.78, 5) is 35.4. The van der Waals surface area contributed by atoms with Gasteiger partial charge in [-0.1, -0.05) is 12.1 Å². The Labute approximate surface area is 205 Å². The maximum Gasteiger partial charge on any atom is 0.277 e. The standard InChI is InChI=1S/C25H25N5O2S2/c1-13-14(2)29-30(4)24(32)20(13)23-26-15(3)21(34-23)22(31)28-25-27-19(12-33-25)18-10-9-16-7-5-6-8-17(16)11-18/h9-12H,5-8H2,1-4H3,(H,27,28,31). The number of amides is 1. The first kappa shape index (κ1) is 22.6. The van der Waals surface area contributed by atoms with Gasteiger partial charge in [0.15, 0.2) is 5.13 Å². The topological polar surface area (TPSA) is 89.8 Å². The van der Waals surface area contributed by atoms with Gasteiger partial charge in [0.05, 0.1) is 22.6 Å². The van der Waals surface area contributed by atoms with Gasteiger partial charge in [0.2, 0.25) is 0 Å². The van der Waals surface area contributed by atoms with Crippen LogP contribution in [0, 0.1) is 20.8 Å². The minimum Gasteiger partial charge on any atom is -0.297 e. The average Bonchev–Trinajstić information content (AvgIpc) is 3.44. The van der Waals surface area contributed by atoms with Gasteiger partial charge in [-0.05, 0) is 69.2 Å². The molecule has 1 amide bonds. The molecule has 0 fully saturated rings. The number of benzene rings is 1. The van der Waals surface area contributed by atoms with Crippen molar-refractivity contribution in [3.8, 4) is 21.8 Å². The van der Waals surface area contributed by atoms with Crippen molar-refractivity contribution in [3.63, 3.8) is 0 Å². The Morgan fingerprint density at radius 1 is 1.06 bits per heavy atom. The average molecular weight is 492 g/mol. The number of thiazole rings is 2. The molecule has 0 bridgehead atoms. The first-order valence-electron chi connectivity index (χ1n) is 11.2. The molecule has 0 atom stereocenters. The fraction of sp³-hybridized carbons (Fsp3) is 0.320. The Morgan fingerprint density at radius 3 is 2.62 bits per heavy atom. The quantitative estimate of drug-likeness (QED) is 0.430. The van der Waals surface area contributed by atoms with E-state index in [1.54, 1.807) is 14.0 Å². The van der Waals surface area contributed by atoms with Crippen LogP contribution in [-0.4, -0.2) is 25.7 Å². The maximum atomic E-state index is 13.1. The predicted octanol–water partition coefficient (Wildman–Crippen LogP) is 5.08. The molecule has 7 nitrogen and oxygen atoms in total. The zero-order valence-electron chi connectivity index (χ0n) is 19.6. The summed E-state index contributed by atoms with van der Waals surface area (Å²) in [5.74, 6) is -0.271. The lowest BCUT2D eigenvalue weighted by molar-refractivity contribution is 0.103. The minimum absolute atomic E-state index is 0.224. The molecule has 0 radical (unpaired) electrons. The highest BCUT2D eigenvalue weighted by Gasteiger charge is 2.22. The zero-order chi connectivity index (χ0) is 24.0. The van der Waals surface area contributed by atoms with Crippen LogP contribution in [0.2, 0.25) is 0 Å². The zero-order valence-corrected chi connectivity index (χ0v) is 21.2. The molecular weight excluding hydrogens is 466 g/mol. The third kappa shape index (κ3) is 4.10. The number of anilines is 1. The van der Waals surface area contributed by atoms with E-state index < -0.39 is 0 Å². The highest BCUT2D eigenvalue weighted by atomic mass is 32.1. The SMILES string of the molecule is Cc1nc(-c2c(C)c(C)nn(C)c2=O)sc1C(=O)Nc1nc(-c2ccc3c(c2)CCCC3)cs1. The molecule has 0 saturated heterocycles. The van der Waals surface area contributed by atoms with Gasteiger partial charge in [-0.3, -0.25) is 14.9 Å². The molecule has 5 rings (SSSR count). The normalized spacial score (nSPS) is 13.1. The van der Waals surface area contributed by atoms with Gasteiger partial charge < -0.3 is 0 Å². The number of fused-ring (bicyclic) bond motifs is 1. The van der Waals surface area contributed by atoms with Crippen LogP contribution in [0.5, 0.6) is 0 Å². The lowest BCUT2D eigenvalue weighted by Crippen LogP contribution is -2.23. The smallest absolute Gasteiger partial charge is 0.277 e. The summed E-state index contributed by atoms with van der Waals surface area (Å²) < 4.78 is 1.31. The molecule has 174 valence electrons. The molecule has 3 heterocycles. The summed E-state index contributed by atoms with van der Waals surface area (Å²) in [5.41, 5.74) is 7.17. The van der Waals surface area contributed by atoms with Crippen molar-refractivity contribution in [1.29, 1.82) is 0 Å². The van der Waals surface area contributed by atoms with Gasteiger partial charge in [-0.15, -0.1) is 22.7 Å². The van der Waals surface area contributed by atoms with Crippen molar-refractivity contribution < 1.29 is 4.79 Å². The molecular formula is C25H25N5O2S2. The van der Waals surface area contributed by atoms with E-state index in [9.17, 15) is 9.59 Å². The molecule has 0 unspecified atom stereocenters. The number of nitrogens with one attached hydrogen (secondary N) is 1. The third-order valence-electron chi connectivity index (χ3n) is 6.31. The van der Waals surface area contributed by atoms with Gasteiger partial charge in [0.1, 0.15) is 9.88 Å². The summed E-state index contributed by atoms with van der Waals surface area (Å²) in [6.07, 6.45) is 4.75. The largest absolute Gasteiger partial charge is 0.297 e. The Hall–Kier alpha value is -3.17. The fourth-order valence-electron chi connectivity index (χ4n) is 4.32. The van der Waals surface area contributed by atoms with Crippen LogP contribution in [0.25, 0.3) is 21.8 Å². The van der Waals surface area contributed by atoms with E-state index in [0.29, 0.717) is 26.3 Å². The number of hydrogen-bond acceptors (Lipinski definition) is 7. The van der Waals surface area contributed by atoms with E-state index in [1.165, 1.54) is 51.3 Å². The van der Waals surface area contributed by atoms with Crippen molar-refractivity contribution in [2.75, 3.05) is 5.32 Å². The van der Waals surface area contributed by atoms with Gasteiger partial charge in [-0.2, -0.15) is 5.10 Å². The van der Waals surface area contributed by atoms with Crippen molar-refractivity contribution >= 4 is 33.7 Å². The van der Waals surface area contributed by atoms with E-state index in [1.807, 2.05) is 19.2 Å². The third-order valence-corrected chi connectivity index (χ3v) is 8.24. The molecule has 0 saturated carbocycles. The van der Waals surface area contributed by atoms with Crippen molar-refractivity contribution in [1.82, 2.24) is 19.7 Å². The van der Waals surface area contributed by atoms with Crippen molar-refractivity contribution in [2.24, 2.45) is 7.05 Å². The van der Waals surface area contributed by atoms with Crippen LogP contribution in [0.15, 0.2) is 28.4 Å². The lowest BCUT2D eigenvalue weighted by Gasteiger charge is -2.16. The number of hydrogen-bond donors (Lipinski definition) is 1. The van der Waals surface area contributed by atoms with Gasteiger partial charge >= 0.3 is 0 Å². The molecule has 1 N–H and O–H groups in total. The Balaban J connectivity index is 1.39. The summed E-state index contributed by atoms with van der Waals surface area (Å²) in [7, 11) is 1.62. The number of nitrogens with zero attached hydrogens (tertiary/aromatic N) is 4. The number of aryl methyl sites for hydroxylation is 5. The number of carbonyl (C=O) groups is 1. The van der Waals surface area contributed by atoms with Crippen LogP contribution >= 0.6 is 22.7 Å². The van der Waals surface area contributed by atoms with Gasteiger partial charge in [-0.25, -0.2) is 14.6 Å². The van der Waals surface area contributed by atoms with Crippen molar-refractivity contribution in [3.05, 3.63) is 66.9 Å². The molecule has 34 heavy (non-hydrogen) atoms. The Kier molecular flexibility index (Phi) is 5.91. The molecule has 1 aliphatic carbocycles. The summed E-state index contributed by atoms with van der Waals surface area (Å²) in [6, 6.07) is 6.55. The molecule has 0 spiro atoms. The Bertz CT molecular complexity index is 1480. The second-order valence-corrected chi connectivity index (χ2v) is 10.5. The first-order chi connectivity index (χ1) is 16.3. The summed E-state index contributed by atoms with van der Waals surface area (Å²) in [5, 5.41) is 10.2. The van der Waals surface area contributed by atoms with Crippen LogP contribution in [0.1, 0.15) is 50.6 Å². The fourth-order valence-corrected chi connectivity index (χ4v) is 6.10. The van der Waals surface area contributed by atoms with Crippen LogP contribution in [0.3, 0.4) is 0 Å². The number of rotatable bonds is 4. The summed E-state index contributed by atoms with van der Waals surface area (Å²) in [6.45, 7) is 5.49. The van der Waals surface area contributed by atoms with Crippen LogP contribution in [0.4, 0.5) is 5.13 Å². The van der Waals surface area contributed by atoms with Crippen molar-refractivity contribution in [2.45, 2.75) is 46.5 Å². The highest BCUT2D eigenvalue weighted by Crippen LogP contribution is 2.32.